The molecule has 0 bridgehead atoms. The van der Waals surface area contributed by atoms with Crippen molar-refractivity contribution in [1.29, 1.82) is 0 Å². The summed E-state index contributed by atoms with van der Waals surface area (Å²) in [4.78, 5) is 12.8. The molecule has 0 aliphatic rings. The van der Waals surface area contributed by atoms with Crippen molar-refractivity contribution in [2.75, 3.05) is 6.26 Å². The minimum atomic E-state index is -3.22. The molecule has 4 nitrogen and oxygen atoms in total. The summed E-state index contributed by atoms with van der Waals surface area (Å²) in [6.45, 7) is 2.00. The molecule has 0 radical (unpaired) electrons. The number of fused-ring (bicyclic) bond motifs is 1. The van der Waals surface area contributed by atoms with Crippen LogP contribution < -0.4 is 5.32 Å². The lowest BCUT2D eigenvalue weighted by Gasteiger charge is -2.18. The van der Waals surface area contributed by atoms with Gasteiger partial charge in [-0.2, -0.15) is 0 Å². The molecule has 0 aliphatic carbocycles. The van der Waals surface area contributed by atoms with Crippen LogP contribution in [0.5, 0.6) is 0 Å². The second kappa shape index (κ2) is 8.57. The lowest BCUT2D eigenvalue weighted by Crippen LogP contribution is -2.28. The molecule has 3 aromatic rings. The summed E-state index contributed by atoms with van der Waals surface area (Å²) < 4.78 is 23.2. The van der Waals surface area contributed by atoms with E-state index in [1.165, 1.54) is 22.6 Å². The van der Waals surface area contributed by atoms with Crippen LogP contribution in [0.15, 0.2) is 71.6 Å². The monoisotopic (exact) mass is 395 g/mol. The van der Waals surface area contributed by atoms with Gasteiger partial charge in [-0.25, -0.2) is 8.42 Å². The Morgan fingerprint density at radius 3 is 2.32 bits per heavy atom. The number of hydrogen-bond acceptors (Lipinski definition) is 3. The quantitative estimate of drug-likeness (QED) is 0.643. The molecule has 146 valence electrons. The van der Waals surface area contributed by atoms with E-state index < -0.39 is 9.84 Å². The highest BCUT2D eigenvalue weighted by molar-refractivity contribution is 7.90. The zero-order valence-corrected chi connectivity index (χ0v) is 17.0. The van der Waals surface area contributed by atoms with Crippen molar-refractivity contribution < 1.29 is 13.2 Å². The van der Waals surface area contributed by atoms with Gasteiger partial charge in [0.15, 0.2) is 9.84 Å². The molecular formula is C23H25NO3S. The third-order valence-electron chi connectivity index (χ3n) is 4.96. The van der Waals surface area contributed by atoms with E-state index >= 15 is 0 Å². The zero-order valence-electron chi connectivity index (χ0n) is 16.2. The van der Waals surface area contributed by atoms with E-state index in [1.807, 2.05) is 25.1 Å². The topological polar surface area (TPSA) is 63.2 Å². The number of sulfone groups is 1. The zero-order chi connectivity index (χ0) is 20.1. The van der Waals surface area contributed by atoms with E-state index in [4.69, 9.17) is 0 Å². The Morgan fingerprint density at radius 2 is 1.64 bits per heavy atom. The number of hydrogen-bond donors (Lipinski definition) is 1. The SMILES string of the molecule is CCC(NC(=O)CCc1cccc2ccccc12)c1ccc(S(C)(=O)=O)cc1. The van der Waals surface area contributed by atoms with Crippen molar-refractivity contribution in [2.24, 2.45) is 0 Å². The average molecular weight is 396 g/mol. The van der Waals surface area contributed by atoms with Crippen LogP contribution in [0.2, 0.25) is 0 Å². The fourth-order valence-electron chi connectivity index (χ4n) is 3.39. The van der Waals surface area contributed by atoms with Crippen LogP contribution in [0.25, 0.3) is 10.8 Å². The van der Waals surface area contributed by atoms with Crippen LogP contribution in [0.1, 0.15) is 36.9 Å². The molecule has 1 atom stereocenters. The number of aryl methyl sites for hydroxylation is 1. The number of amides is 1. The van der Waals surface area contributed by atoms with Crippen LogP contribution in [-0.2, 0) is 21.1 Å². The van der Waals surface area contributed by atoms with Crippen molar-refractivity contribution in [3.63, 3.8) is 0 Å². The van der Waals surface area contributed by atoms with Crippen molar-refractivity contribution >= 4 is 26.5 Å². The Labute approximate surface area is 166 Å². The summed E-state index contributed by atoms with van der Waals surface area (Å²) in [5, 5.41) is 5.43. The second-order valence-electron chi connectivity index (χ2n) is 7.01. The molecule has 0 saturated carbocycles. The minimum absolute atomic E-state index is 0.00743. The lowest BCUT2D eigenvalue weighted by atomic mass is 10.0. The summed E-state index contributed by atoms with van der Waals surface area (Å²) in [6.07, 6.45) is 3.01. The summed E-state index contributed by atoms with van der Waals surface area (Å²) in [7, 11) is -3.22. The molecule has 28 heavy (non-hydrogen) atoms. The maximum atomic E-state index is 12.5. The Kier molecular flexibility index (Phi) is 6.15. The van der Waals surface area contributed by atoms with E-state index in [2.05, 4.69) is 29.6 Å². The Balaban J connectivity index is 1.65. The molecule has 5 heteroatoms. The van der Waals surface area contributed by atoms with Crippen LogP contribution in [-0.4, -0.2) is 20.6 Å². The van der Waals surface area contributed by atoms with E-state index in [1.54, 1.807) is 24.3 Å². The van der Waals surface area contributed by atoms with Crippen LogP contribution in [0, 0.1) is 0 Å². The van der Waals surface area contributed by atoms with Gasteiger partial charge in [0, 0.05) is 12.7 Å². The first-order chi connectivity index (χ1) is 13.4. The predicted molar refractivity (Wildman–Crippen MR) is 113 cm³/mol. The summed E-state index contributed by atoms with van der Waals surface area (Å²) in [5.74, 6) is -0.00743. The molecule has 0 saturated heterocycles. The van der Waals surface area contributed by atoms with Gasteiger partial charge in [-0.1, -0.05) is 61.5 Å². The predicted octanol–water partition coefficient (Wildman–Crippen LogP) is 4.44. The van der Waals surface area contributed by atoms with E-state index in [0.717, 1.165) is 12.0 Å². The first-order valence-electron chi connectivity index (χ1n) is 9.44. The van der Waals surface area contributed by atoms with Crippen LogP contribution >= 0.6 is 0 Å². The third kappa shape index (κ3) is 4.78. The minimum Gasteiger partial charge on any atom is -0.349 e. The molecule has 0 aromatic heterocycles. The van der Waals surface area contributed by atoms with Gasteiger partial charge in [0.25, 0.3) is 0 Å². The van der Waals surface area contributed by atoms with Crippen molar-refractivity contribution in [3.05, 3.63) is 77.9 Å². The first kappa shape index (κ1) is 20.1. The van der Waals surface area contributed by atoms with Crippen molar-refractivity contribution in [2.45, 2.75) is 37.1 Å². The van der Waals surface area contributed by atoms with Gasteiger partial charge in [-0.15, -0.1) is 0 Å². The summed E-state index contributed by atoms with van der Waals surface area (Å²) in [6, 6.07) is 21.0. The fourth-order valence-corrected chi connectivity index (χ4v) is 4.02. The van der Waals surface area contributed by atoms with Crippen molar-refractivity contribution in [3.8, 4) is 0 Å². The Hall–Kier alpha value is -2.66. The molecule has 3 rings (SSSR count). The molecule has 1 unspecified atom stereocenters. The summed E-state index contributed by atoms with van der Waals surface area (Å²) in [5.41, 5.74) is 2.08. The highest BCUT2D eigenvalue weighted by atomic mass is 32.2. The van der Waals surface area contributed by atoms with Crippen LogP contribution in [0.3, 0.4) is 0 Å². The summed E-state index contributed by atoms with van der Waals surface area (Å²) >= 11 is 0. The maximum Gasteiger partial charge on any atom is 0.220 e. The molecule has 1 amide bonds. The highest BCUT2D eigenvalue weighted by Crippen LogP contribution is 2.21. The van der Waals surface area contributed by atoms with E-state index in [0.29, 0.717) is 12.8 Å². The molecule has 1 N–H and O–H groups in total. The van der Waals surface area contributed by atoms with Crippen LogP contribution in [0.4, 0.5) is 0 Å². The third-order valence-corrected chi connectivity index (χ3v) is 6.08. The van der Waals surface area contributed by atoms with Crippen molar-refractivity contribution in [1.82, 2.24) is 5.32 Å². The van der Waals surface area contributed by atoms with Gasteiger partial charge in [0.1, 0.15) is 0 Å². The Morgan fingerprint density at radius 1 is 0.964 bits per heavy atom. The first-order valence-corrected chi connectivity index (χ1v) is 11.3. The largest absolute Gasteiger partial charge is 0.349 e. The standard InChI is InChI=1S/C23H25NO3S/c1-3-22(19-11-14-20(15-12-19)28(2,26)27)24-23(25)16-13-18-9-6-8-17-7-4-5-10-21(17)18/h4-12,14-15,22H,3,13,16H2,1-2H3,(H,24,25). The Bertz CT molecular complexity index is 1070. The fraction of sp³-hybridized carbons (Fsp3) is 0.261. The van der Waals surface area contributed by atoms with Gasteiger partial charge >= 0.3 is 0 Å². The molecule has 3 aromatic carbocycles. The maximum absolute atomic E-state index is 12.5. The lowest BCUT2D eigenvalue weighted by molar-refractivity contribution is -0.121. The van der Waals surface area contributed by atoms with E-state index in [9.17, 15) is 13.2 Å². The number of benzene rings is 3. The van der Waals surface area contributed by atoms with E-state index in [-0.39, 0.29) is 16.8 Å². The van der Waals surface area contributed by atoms with Gasteiger partial charge in [0.05, 0.1) is 10.9 Å². The van der Waals surface area contributed by atoms with Gasteiger partial charge < -0.3 is 5.32 Å². The second-order valence-corrected chi connectivity index (χ2v) is 9.02. The molecule has 0 fully saturated rings. The van der Waals surface area contributed by atoms with Gasteiger partial charge in [-0.05, 0) is 46.9 Å². The average Bonchev–Trinajstić information content (AvgIpc) is 2.70. The number of rotatable bonds is 7. The number of nitrogens with one attached hydrogen (secondary N) is 1. The normalized spacial score (nSPS) is 12.6. The van der Waals surface area contributed by atoms with Gasteiger partial charge in [0.2, 0.25) is 5.91 Å². The number of carbonyl (C=O) groups is 1. The molecule has 0 aliphatic heterocycles. The number of carbonyl (C=O) groups excluding carboxylic acids is 1. The molecule has 0 spiro atoms. The molecular weight excluding hydrogens is 370 g/mol. The highest BCUT2D eigenvalue weighted by Gasteiger charge is 2.14. The van der Waals surface area contributed by atoms with Gasteiger partial charge in [-0.3, -0.25) is 4.79 Å². The molecule has 0 heterocycles. The smallest absolute Gasteiger partial charge is 0.220 e.